The number of para-hydroxylation sites is 1. The molecule has 5 heteroatoms. The Hall–Kier alpha value is -2.04. The first-order valence-corrected chi connectivity index (χ1v) is 5.78. The van der Waals surface area contributed by atoms with Crippen LogP contribution in [0.5, 0.6) is 5.75 Å². The Labute approximate surface area is 112 Å². The van der Waals surface area contributed by atoms with Crippen LogP contribution in [-0.2, 0) is 25.5 Å². The summed E-state index contributed by atoms with van der Waals surface area (Å²) in [6.45, 7) is 1.50. The van der Waals surface area contributed by atoms with Crippen LogP contribution in [0.3, 0.4) is 0 Å². The molecule has 0 aliphatic rings. The molecule has 1 rings (SSSR count). The van der Waals surface area contributed by atoms with Crippen molar-refractivity contribution in [3.63, 3.8) is 0 Å². The minimum atomic E-state index is -1.39. The van der Waals surface area contributed by atoms with Crippen molar-refractivity contribution in [1.29, 1.82) is 0 Å². The summed E-state index contributed by atoms with van der Waals surface area (Å²) in [6, 6.07) is 7.19. The molecule has 0 unspecified atom stereocenters. The summed E-state index contributed by atoms with van der Waals surface area (Å²) in [4.78, 5) is 23.7. The second-order valence-corrected chi connectivity index (χ2v) is 4.30. The fourth-order valence-corrected chi connectivity index (χ4v) is 1.91. The highest BCUT2D eigenvalue weighted by atomic mass is 16.5. The molecule has 0 bridgehead atoms. The van der Waals surface area contributed by atoms with Crippen LogP contribution in [-0.4, -0.2) is 33.3 Å². The summed E-state index contributed by atoms with van der Waals surface area (Å²) in [7, 11) is 4.02. The SMILES string of the molecule is COC(=O)C(C)(Cc1ccccc1OC)C(=O)OC. The largest absolute Gasteiger partial charge is 0.496 e. The molecule has 5 nitrogen and oxygen atoms in total. The van der Waals surface area contributed by atoms with E-state index >= 15 is 0 Å². The molecule has 19 heavy (non-hydrogen) atoms. The Bertz CT molecular complexity index is 451. The molecule has 0 aliphatic carbocycles. The van der Waals surface area contributed by atoms with Gasteiger partial charge in [-0.2, -0.15) is 0 Å². The number of hydrogen-bond acceptors (Lipinski definition) is 5. The third-order valence-corrected chi connectivity index (χ3v) is 3.01. The van der Waals surface area contributed by atoms with Crippen molar-refractivity contribution in [2.45, 2.75) is 13.3 Å². The van der Waals surface area contributed by atoms with Crippen molar-refractivity contribution in [3.8, 4) is 5.75 Å². The van der Waals surface area contributed by atoms with E-state index in [0.717, 1.165) is 5.56 Å². The Morgan fingerprint density at radius 2 is 1.58 bits per heavy atom. The quantitative estimate of drug-likeness (QED) is 0.598. The van der Waals surface area contributed by atoms with Crippen LogP contribution in [0.25, 0.3) is 0 Å². The number of methoxy groups -OCH3 is 3. The first-order chi connectivity index (χ1) is 8.99. The fourth-order valence-electron chi connectivity index (χ4n) is 1.91. The molecule has 0 aliphatic heterocycles. The van der Waals surface area contributed by atoms with E-state index in [0.29, 0.717) is 5.75 Å². The molecule has 0 heterocycles. The topological polar surface area (TPSA) is 61.8 Å². The molecule has 0 radical (unpaired) electrons. The van der Waals surface area contributed by atoms with Gasteiger partial charge in [0, 0.05) is 6.42 Å². The number of benzene rings is 1. The van der Waals surface area contributed by atoms with Gasteiger partial charge in [0.1, 0.15) is 5.75 Å². The lowest BCUT2D eigenvalue weighted by atomic mass is 9.83. The van der Waals surface area contributed by atoms with Crippen LogP contribution in [0.2, 0.25) is 0 Å². The van der Waals surface area contributed by atoms with Gasteiger partial charge >= 0.3 is 11.9 Å². The van der Waals surface area contributed by atoms with Gasteiger partial charge in [-0.25, -0.2) is 0 Å². The Kier molecular flexibility index (Phi) is 4.92. The van der Waals surface area contributed by atoms with Gasteiger partial charge < -0.3 is 14.2 Å². The van der Waals surface area contributed by atoms with Crippen LogP contribution in [0.1, 0.15) is 12.5 Å². The third kappa shape index (κ3) is 3.05. The van der Waals surface area contributed by atoms with Gasteiger partial charge in [0.15, 0.2) is 5.41 Å². The van der Waals surface area contributed by atoms with Crippen molar-refractivity contribution >= 4 is 11.9 Å². The summed E-state index contributed by atoms with van der Waals surface area (Å²) in [5, 5.41) is 0. The minimum Gasteiger partial charge on any atom is -0.496 e. The van der Waals surface area contributed by atoms with Crippen LogP contribution < -0.4 is 4.74 Å². The van der Waals surface area contributed by atoms with Crippen molar-refractivity contribution in [1.82, 2.24) is 0 Å². The standard InChI is InChI=1S/C14H18O5/c1-14(12(15)18-3,13(16)19-4)9-10-7-5-6-8-11(10)17-2/h5-8H,9H2,1-4H3. The molecule has 1 aromatic carbocycles. The highest BCUT2D eigenvalue weighted by molar-refractivity contribution is 5.99. The van der Waals surface area contributed by atoms with E-state index in [4.69, 9.17) is 14.2 Å². The zero-order valence-electron chi connectivity index (χ0n) is 11.6. The van der Waals surface area contributed by atoms with Gasteiger partial charge in [0.25, 0.3) is 0 Å². The molecule has 0 atom stereocenters. The lowest BCUT2D eigenvalue weighted by Gasteiger charge is -2.24. The van der Waals surface area contributed by atoms with Gasteiger partial charge in [-0.05, 0) is 18.6 Å². The molecular formula is C14H18O5. The van der Waals surface area contributed by atoms with E-state index in [2.05, 4.69) is 0 Å². The van der Waals surface area contributed by atoms with Crippen molar-refractivity contribution < 1.29 is 23.8 Å². The van der Waals surface area contributed by atoms with E-state index in [1.54, 1.807) is 12.1 Å². The Morgan fingerprint density at radius 1 is 1.05 bits per heavy atom. The summed E-state index contributed by atoms with van der Waals surface area (Å²) in [5.74, 6) is -0.656. The van der Waals surface area contributed by atoms with Crippen molar-refractivity contribution in [3.05, 3.63) is 29.8 Å². The molecule has 0 amide bonds. The maximum absolute atomic E-state index is 11.9. The van der Waals surface area contributed by atoms with E-state index < -0.39 is 17.4 Å². The van der Waals surface area contributed by atoms with Crippen LogP contribution in [0.4, 0.5) is 0 Å². The van der Waals surface area contributed by atoms with Gasteiger partial charge in [0.2, 0.25) is 0 Å². The Balaban J connectivity index is 3.14. The number of carbonyl (C=O) groups is 2. The normalized spacial score (nSPS) is 10.7. The first kappa shape index (κ1) is 15.0. The average Bonchev–Trinajstić information content (AvgIpc) is 2.45. The highest BCUT2D eigenvalue weighted by Gasteiger charge is 2.44. The second-order valence-electron chi connectivity index (χ2n) is 4.30. The van der Waals surface area contributed by atoms with E-state index in [9.17, 15) is 9.59 Å². The van der Waals surface area contributed by atoms with E-state index in [-0.39, 0.29) is 6.42 Å². The van der Waals surface area contributed by atoms with Gasteiger partial charge in [0.05, 0.1) is 21.3 Å². The minimum absolute atomic E-state index is 0.149. The predicted octanol–water partition coefficient (Wildman–Crippen LogP) is 1.59. The van der Waals surface area contributed by atoms with Crippen molar-refractivity contribution in [2.75, 3.05) is 21.3 Å². The number of esters is 2. The number of carbonyl (C=O) groups excluding carboxylic acids is 2. The third-order valence-electron chi connectivity index (χ3n) is 3.01. The molecule has 0 N–H and O–H groups in total. The summed E-state index contributed by atoms with van der Waals surface area (Å²) < 4.78 is 14.6. The lowest BCUT2D eigenvalue weighted by molar-refractivity contribution is -0.167. The highest BCUT2D eigenvalue weighted by Crippen LogP contribution is 2.30. The van der Waals surface area contributed by atoms with E-state index in [1.165, 1.54) is 28.3 Å². The summed E-state index contributed by atoms with van der Waals surface area (Å²) in [6.07, 6.45) is 0.149. The van der Waals surface area contributed by atoms with Crippen LogP contribution in [0.15, 0.2) is 24.3 Å². The number of ether oxygens (including phenoxy) is 3. The smallest absolute Gasteiger partial charge is 0.323 e. The predicted molar refractivity (Wildman–Crippen MR) is 68.8 cm³/mol. The van der Waals surface area contributed by atoms with Gasteiger partial charge in [-0.1, -0.05) is 18.2 Å². The second kappa shape index (κ2) is 6.22. The molecular weight excluding hydrogens is 248 g/mol. The van der Waals surface area contributed by atoms with Crippen molar-refractivity contribution in [2.24, 2.45) is 5.41 Å². The molecule has 104 valence electrons. The van der Waals surface area contributed by atoms with Gasteiger partial charge in [-0.3, -0.25) is 9.59 Å². The van der Waals surface area contributed by atoms with Crippen LogP contribution in [0, 0.1) is 5.41 Å². The van der Waals surface area contributed by atoms with Gasteiger partial charge in [-0.15, -0.1) is 0 Å². The fraction of sp³-hybridized carbons (Fsp3) is 0.429. The molecule has 0 saturated heterocycles. The van der Waals surface area contributed by atoms with E-state index in [1.807, 2.05) is 12.1 Å². The maximum Gasteiger partial charge on any atom is 0.323 e. The molecule has 0 saturated carbocycles. The Morgan fingerprint density at radius 3 is 2.05 bits per heavy atom. The molecule has 0 spiro atoms. The average molecular weight is 266 g/mol. The monoisotopic (exact) mass is 266 g/mol. The summed E-state index contributed by atoms with van der Waals surface area (Å²) >= 11 is 0. The number of hydrogen-bond donors (Lipinski definition) is 0. The molecule has 0 fully saturated rings. The zero-order valence-corrected chi connectivity index (χ0v) is 11.6. The first-order valence-electron chi connectivity index (χ1n) is 5.78. The zero-order chi connectivity index (χ0) is 14.5. The summed E-state index contributed by atoms with van der Waals surface area (Å²) in [5.41, 5.74) is -0.652. The lowest BCUT2D eigenvalue weighted by Crippen LogP contribution is -2.40. The maximum atomic E-state index is 11.9. The number of rotatable bonds is 5. The van der Waals surface area contributed by atoms with Crippen LogP contribution >= 0.6 is 0 Å². The molecule has 1 aromatic rings. The molecule has 0 aromatic heterocycles.